The van der Waals surface area contributed by atoms with Crippen molar-refractivity contribution in [2.45, 2.75) is 57.0 Å². The summed E-state index contributed by atoms with van der Waals surface area (Å²) in [4.78, 5) is 11.6. The van der Waals surface area contributed by atoms with Gasteiger partial charge in [-0.05, 0) is 54.7 Å². The number of alkyl halides is 6. The van der Waals surface area contributed by atoms with Crippen LogP contribution in [0, 0.1) is 11.6 Å². The number of esters is 1. The second-order valence-electron chi connectivity index (χ2n) is 8.93. The normalized spacial score (nSPS) is 14.3. The summed E-state index contributed by atoms with van der Waals surface area (Å²) in [5.74, 6) is -3.44. The number of hydrogen-bond acceptors (Lipinski definition) is 4. The first kappa shape index (κ1) is 30.6. The number of benzene rings is 2. The van der Waals surface area contributed by atoms with Crippen LogP contribution in [0.3, 0.4) is 0 Å². The Balaban J connectivity index is 2.52. The highest BCUT2D eigenvalue weighted by Crippen LogP contribution is 2.46. The van der Waals surface area contributed by atoms with E-state index in [2.05, 4.69) is 0 Å². The number of aliphatic hydroxyl groups is 1. The van der Waals surface area contributed by atoms with Crippen LogP contribution in [-0.2, 0) is 27.5 Å². The molecule has 2 aromatic carbocycles. The summed E-state index contributed by atoms with van der Waals surface area (Å²) >= 11 is 5.48. The van der Waals surface area contributed by atoms with Gasteiger partial charge in [0.15, 0.2) is 12.2 Å². The molecule has 0 radical (unpaired) electrons. The highest BCUT2D eigenvalue weighted by atomic mass is 35.5. The summed E-state index contributed by atoms with van der Waals surface area (Å²) in [6.45, 7) is 3.28. The molecule has 0 aromatic heterocycles. The van der Waals surface area contributed by atoms with Gasteiger partial charge < -0.3 is 14.6 Å². The lowest BCUT2D eigenvalue weighted by Gasteiger charge is -2.38. The van der Waals surface area contributed by atoms with Crippen molar-refractivity contribution >= 4 is 17.6 Å². The summed E-state index contributed by atoms with van der Waals surface area (Å²) in [6, 6.07) is 3.18. The van der Waals surface area contributed by atoms with Crippen LogP contribution in [-0.4, -0.2) is 36.1 Å². The molecule has 0 heterocycles. The van der Waals surface area contributed by atoms with E-state index in [1.54, 1.807) is 0 Å². The number of ether oxygens (including phenoxy) is 2. The molecule has 206 valence electrons. The molecule has 1 atom stereocenters. The average molecular weight is 563 g/mol. The van der Waals surface area contributed by atoms with Crippen LogP contribution in [0.15, 0.2) is 30.3 Å². The van der Waals surface area contributed by atoms with Crippen LogP contribution in [0.25, 0.3) is 0 Å². The Hall–Kier alpha value is -2.60. The van der Waals surface area contributed by atoms with Gasteiger partial charge in [0, 0.05) is 12.0 Å². The fourth-order valence-electron chi connectivity index (χ4n) is 3.84. The molecular formula is C24H23ClF8O4. The SMILES string of the molecule is CCOC(=O)COc1ccc(F)cc1C(C)(C)CC(O)(Cc1cc(C(F)(F)F)cc(Cl)c1F)C(F)(F)F. The number of carbonyl (C=O) groups excluding carboxylic acids is 1. The largest absolute Gasteiger partial charge is 0.482 e. The van der Waals surface area contributed by atoms with Gasteiger partial charge in [-0.1, -0.05) is 25.4 Å². The lowest BCUT2D eigenvalue weighted by atomic mass is 9.72. The predicted octanol–water partition coefficient (Wildman–Crippen LogP) is 6.78. The summed E-state index contributed by atoms with van der Waals surface area (Å²) in [6.07, 6.45) is -13.4. The standard InChI is InChI=1S/C24H23ClF8O4/c1-4-36-19(34)11-37-18-6-5-15(26)9-16(18)21(2,3)12-22(35,24(31,32)33)10-13-7-14(23(28,29)30)8-17(25)20(13)27/h5-9,35H,4,10-12H2,1-3H3. The Kier molecular flexibility index (Phi) is 9.12. The summed E-state index contributed by atoms with van der Waals surface area (Å²) < 4.78 is 120. The van der Waals surface area contributed by atoms with Gasteiger partial charge in [-0.25, -0.2) is 13.6 Å². The molecule has 0 saturated carbocycles. The molecule has 37 heavy (non-hydrogen) atoms. The maximum atomic E-state index is 14.5. The first-order chi connectivity index (χ1) is 16.8. The molecule has 0 bridgehead atoms. The highest BCUT2D eigenvalue weighted by Gasteiger charge is 2.56. The van der Waals surface area contributed by atoms with Crippen LogP contribution >= 0.6 is 11.6 Å². The van der Waals surface area contributed by atoms with Crippen molar-refractivity contribution in [3.63, 3.8) is 0 Å². The molecular weight excluding hydrogens is 540 g/mol. The van der Waals surface area contributed by atoms with E-state index in [4.69, 9.17) is 21.1 Å². The molecule has 2 rings (SSSR count). The van der Waals surface area contributed by atoms with E-state index in [1.807, 2.05) is 0 Å². The van der Waals surface area contributed by atoms with E-state index >= 15 is 0 Å². The van der Waals surface area contributed by atoms with Crippen molar-refractivity contribution in [2.24, 2.45) is 0 Å². The molecule has 0 fully saturated rings. The van der Waals surface area contributed by atoms with Crippen LogP contribution < -0.4 is 4.74 Å². The van der Waals surface area contributed by atoms with Crippen molar-refractivity contribution in [3.05, 3.63) is 63.7 Å². The van der Waals surface area contributed by atoms with Crippen molar-refractivity contribution < 1.29 is 54.5 Å². The van der Waals surface area contributed by atoms with E-state index in [9.17, 15) is 45.0 Å². The predicted molar refractivity (Wildman–Crippen MR) is 117 cm³/mol. The number of halogens is 9. The lowest BCUT2D eigenvalue weighted by Crippen LogP contribution is -2.51. The van der Waals surface area contributed by atoms with Crippen LogP contribution in [0.5, 0.6) is 5.75 Å². The minimum atomic E-state index is -5.46. The average Bonchev–Trinajstić information content (AvgIpc) is 2.74. The third-order valence-corrected chi connectivity index (χ3v) is 5.77. The maximum Gasteiger partial charge on any atom is 0.417 e. The zero-order valence-electron chi connectivity index (χ0n) is 19.8. The third kappa shape index (κ3) is 7.47. The van der Waals surface area contributed by atoms with E-state index in [-0.39, 0.29) is 30.1 Å². The Labute approximate surface area is 212 Å². The lowest BCUT2D eigenvalue weighted by molar-refractivity contribution is -0.266. The van der Waals surface area contributed by atoms with Crippen molar-refractivity contribution in [2.75, 3.05) is 13.2 Å². The zero-order valence-corrected chi connectivity index (χ0v) is 20.5. The van der Waals surface area contributed by atoms with Gasteiger partial charge in [0.1, 0.15) is 17.4 Å². The Morgan fingerprint density at radius 1 is 1.03 bits per heavy atom. The molecule has 0 aliphatic rings. The van der Waals surface area contributed by atoms with E-state index in [1.165, 1.54) is 20.8 Å². The van der Waals surface area contributed by atoms with Crippen LogP contribution in [0.2, 0.25) is 5.02 Å². The van der Waals surface area contributed by atoms with Gasteiger partial charge >= 0.3 is 18.3 Å². The smallest absolute Gasteiger partial charge is 0.417 e. The Morgan fingerprint density at radius 3 is 2.19 bits per heavy atom. The fraction of sp³-hybridized carbons (Fsp3) is 0.458. The maximum absolute atomic E-state index is 14.5. The van der Waals surface area contributed by atoms with Gasteiger partial charge in [0.25, 0.3) is 0 Å². The highest BCUT2D eigenvalue weighted by molar-refractivity contribution is 6.30. The monoisotopic (exact) mass is 562 g/mol. The van der Waals surface area contributed by atoms with Gasteiger partial charge in [-0.3, -0.25) is 0 Å². The van der Waals surface area contributed by atoms with Crippen molar-refractivity contribution in [1.82, 2.24) is 0 Å². The summed E-state index contributed by atoms with van der Waals surface area (Å²) in [5.41, 5.74) is -8.36. The summed E-state index contributed by atoms with van der Waals surface area (Å²) in [5, 5.41) is 9.66. The van der Waals surface area contributed by atoms with Crippen LogP contribution in [0.1, 0.15) is 43.9 Å². The second kappa shape index (κ2) is 11.0. The van der Waals surface area contributed by atoms with E-state index < -0.39 is 76.6 Å². The fourth-order valence-corrected chi connectivity index (χ4v) is 4.08. The molecule has 1 N–H and O–H groups in total. The topological polar surface area (TPSA) is 55.8 Å². The van der Waals surface area contributed by atoms with Gasteiger partial charge in [0.05, 0.1) is 17.2 Å². The molecule has 4 nitrogen and oxygen atoms in total. The minimum Gasteiger partial charge on any atom is -0.482 e. The summed E-state index contributed by atoms with van der Waals surface area (Å²) in [7, 11) is 0. The van der Waals surface area contributed by atoms with Gasteiger partial charge in [-0.15, -0.1) is 0 Å². The molecule has 0 aliphatic heterocycles. The van der Waals surface area contributed by atoms with E-state index in [0.717, 1.165) is 18.2 Å². The molecule has 0 spiro atoms. The number of carbonyl (C=O) groups is 1. The van der Waals surface area contributed by atoms with Gasteiger partial charge in [0.2, 0.25) is 0 Å². The van der Waals surface area contributed by atoms with Crippen LogP contribution in [0.4, 0.5) is 35.1 Å². The molecule has 0 aliphatic carbocycles. The Bertz CT molecular complexity index is 1130. The molecule has 0 saturated heterocycles. The molecule has 1 unspecified atom stereocenters. The second-order valence-corrected chi connectivity index (χ2v) is 9.34. The van der Waals surface area contributed by atoms with Crippen molar-refractivity contribution in [1.29, 1.82) is 0 Å². The molecule has 2 aromatic rings. The molecule has 0 amide bonds. The van der Waals surface area contributed by atoms with E-state index in [0.29, 0.717) is 0 Å². The Morgan fingerprint density at radius 2 is 1.65 bits per heavy atom. The number of rotatable bonds is 9. The quantitative estimate of drug-likeness (QED) is 0.270. The minimum absolute atomic E-state index is 0.0265. The zero-order chi connectivity index (χ0) is 28.4. The first-order valence-corrected chi connectivity index (χ1v) is 11.1. The van der Waals surface area contributed by atoms with Gasteiger partial charge in [-0.2, -0.15) is 26.3 Å². The molecule has 13 heteroatoms. The first-order valence-electron chi connectivity index (χ1n) is 10.7. The van der Waals surface area contributed by atoms with Crippen molar-refractivity contribution in [3.8, 4) is 5.75 Å². The number of hydrogen-bond donors (Lipinski definition) is 1. The third-order valence-electron chi connectivity index (χ3n) is 5.50.